The summed E-state index contributed by atoms with van der Waals surface area (Å²) in [6.07, 6.45) is 0.824. The van der Waals surface area contributed by atoms with E-state index in [1.807, 2.05) is 7.05 Å². The topological polar surface area (TPSA) is 90.5 Å². The average molecular weight is 330 g/mol. The van der Waals surface area contributed by atoms with Crippen LogP contribution in [0.25, 0.3) is 0 Å². The van der Waals surface area contributed by atoms with Crippen molar-refractivity contribution in [1.82, 2.24) is 10.6 Å². The van der Waals surface area contributed by atoms with Gasteiger partial charge < -0.3 is 21.1 Å². The van der Waals surface area contributed by atoms with E-state index < -0.39 is 5.97 Å². The first-order chi connectivity index (χ1) is 9.04. The van der Waals surface area contributed by atoms with Gasteiger partial charge >= 0.3 is 12.0 Å². The highest BCUT2D eigenvalue weighted by molar-refractivity contribution is 9.10. The summed E-state index contributed by atoms with van der Waals surface area (Å²) in [6.45, 7) is 1.37. The van der Waals surface area contributed by atoms with E-state index in [1.165, 1.54) is 6.07 Å². The number of rotatable bonds is 6. The van der Waals surface area contributed by atoms with Crippen molar-refractivity contribution in [3.05, 3.63) is 28.2 Å². The van der Waals surface area contributed by atoms with Gasteiger partial charge in [0.05, 0.1) is 5.56 Å². The SMILES string of the molecule is CNCCCNC(=O)Nc1ccc(Br)c(C(=O)O)c1. The number of carboxylic acid groups (broad SMARTS) is 1. The molecule has 0 atom stereocenters. The van der Waals surface area contributed by atoms with E-state index in [0.717, 1.165) is 13.0 Å². The number of nitrogens with one attached hydrogen (secondary N) is 3. The zero-order chi connectivity index (χ0) is 14.3. The van der Waals surface area contributed by atoms with E-state index in [4.69, 9.17) is 5.11 Å². The highest BCUT2D eigenvalue weighted by Crippen LogP contribution is 2.21. The Morgan fingerprint density at radius 1 is 1.32 bits per heavy atom. The number of carbonyl (C=O) groups is 2. The Balaban J connectivity index is 2.55. The lowest BCUT2D eigenvalue weighted by Crippen LogP contribution is -2.30. The average Bonchev–Trinajstić information content (AvgIpc) is 2.36. The minimum Gasteiger partial charge on any atom is -0.478 e. The summed E-state index contributed by atoms with van der Waals surface area (Å²) in [7, 11) is 1.84. The summed E-state index contributed by atoms with van der Waals surface area (Å²) >= 11 is 3.14. The van der Waals surface area contributed by atoms with Crippen molar-refractivity contribution >= 4 is 33.6 Å². The number of urea groups is 1. The minimum absolute atomic E-state index is 0.105. The molecule has 0 aliphatic heterocycles. The molecule has 0 unspecified atom stereocenters. The molecule has 6 nitrogen and oxygen atoms in total. The molecule has 1 aromatic rings. The van der Waals surface area contributed by atoms with Gasteiger partial charge in [-0.3, -0.25) is 0 Å². The molecule has 0 heterocycles. The third-order valence-electron chi connectivity index (χ3n) is 2.34. The van der Waals surface area contributed by atoms with Gasteiger partial charge in [-0.05, 0) is 54.1 Å². The van der Waals surface area contributed by atoms with Crippen LogP contribution >= 0.6 is 15.9 Å². The Bertz CT molecular complexity index is 466. The number of hydrogen-bond acceptors (Lipinski definition) is 3. The first-order valence-electron chi connectivity index (χ1n) is 5.77. The van der Waals surface area contributed by atoms with Crippen LogP contribution in [-0.4, -0.2) is 37.2 Å². The molecule has 1 rings (SSSR count). The van der Waals surface area contributed by atoms with Crippen LogP contribution in [0.4, 0.5) is 10.5 Å². The predicted molar refractivity (Wildman–Crippen MR) is 76.7 cm³/mol. The van der Waals surface area contributed by atoms with Crippen LogP contribution in [0.1, 0.15) is 16.8 Å². The number of carbonyl (C=O) groups excluding carboxylic acids is 1. The van der Waals surface area contributed by atoms with Crippen LogP contribution in [0.5, 0.6) is 0 Å². The number of carboxylic acids is 1. The maximum atomic E-state index is 11.5. The van der Waals surface area contributed by atoms with Crippen LogP contribution in [0, 0.1) is 0 Å². The highest BCUT2D eigenvalue weighted by Gasteiger charge is 2.10. The predicted octanol–water partition coefficient (Wildman–Crippen LogP) is 1.88. The molecule has 19 heavy (non-hydrogen) atoms. The summed E-state index contributed by atoms with van der Waals surface area (Å²) < 4.78 is 0.472. The molecular weight excluding hydrogens is 314 g/mol. The fraction of sp³-hybridized carbons (Fsp3) is 0.333. The second kappa shape index (κ2) is 7.75. The van der Waals surface area contributed by atoms with Crippen molar-refractivity contribution in [2.75, 3.05) is 25.5 Å². The molecular formula is C12H16BrN3O3. The number of aromatic carboxylic acids is 1. The lowest BCUT2D eigenvalue weighted by Gasteiger charge is -2.08. The van der Waals surface area contributed by atoms with Gasteiger partial charge in [-0.25, -0.2) is 9.59 Å². The quantitative estimate of drug-likeness (QED) is 0.600. The van der Waals surface area contributed by atoms with Crippen molar-refractivity contribution in [2.24, 2.45) is 0 Å². The van der Waals surface area contributed by atoms with E-state index >= 15 is 0 Å². The second-order valence-corrected chi connectivity index (χ2v) is 4.69. The molecule has 4 N–H and O–H groups in total. The lowest BCUT2D eigenvalue weighted by atomic mass is 10.2. The van der Waals surface area contributed by atoms with E-state index in [1.54, 1.807) is 12.1 Å². The molecule has 0 fully saturated rings. The number of halogens is 1. The summed E-state index contributed by atoms with van der Waals surface area (Å²) in [6, 6.07) is 4.26. The molecule has 0 aromatic heterocycles. The van der Waals surface area contributed by atoms with Gasteiger partial charge in [-0.2, -0.15) is 0 Å². The Kier molecular flexibility index (Phi) is 6.31. The molecule has 2 amide bonds. The molecule has 1 aromatic carbocycles. The summed E-state index contributed by atoms with van der Waals surface area (Å²) in [5, 5.41) is 17.2. The monoisotopic (exact) mass is 329 g/mol. The lowest BCUT2D eigenvalue weighted by molar-refractivity contribution is 0.0696. The molecule has 104 valence electrons. The normalized spacial score (nSPS) is 10.0. The van der Waals surface area contributed by atoms with Crippen LogP contribution in [0.15, 0.2) is 22.7 Å². The molecule has 7 heteroatoms. The van der Waals surface area contributed by atoms with Gasteiger partial charge in [-0.15, -0.1) is 0 Å². The zero-order valence-electron chi connectivity index (χ0n) is 10.5. The van der Waals surface area contributed by atoms with Crippen LogP contribution in [0.2, 0.25) is 0 Å². The Labute approximate surface area is 119 Å². The maximum absolute atomic E-state index is 11.5. The molecule has 0 bridgehead atoms. The fourth-order valence-corrected chi connectivity index (χ4v) is 1.83. The summed E-state index contributed by atoms with van der Waals surface area (Å²) in [5.41, 5.74) is 0.541. The second-order valence-electron chi connectivity index (χ2n) is 3.84. The van der Waals surface area contributed by atoms with Gasteiger partial charge in [0.15, 0.2) is 0 Å². The largest absolute Gasteiger partial charge is 0.478 e. The Morgan fingerprint density at radius 3 is 2.68 bits per heavy atom. The molecule has 0 aliphatic rings. The molecule has 0 spiro atoms. The highest BCUT2D eigenvalue weighted by atomic mass is 79.9. The van der Waals surface area contributed by atoms with E-state index in [0.29, 0.717) is 16.7 Å². The van der Waals surface area contributed by atoms with Gasteiger partial charge in [0.2, 0.25) is 0 Å². The van der Waals surface area contributed by atoms with Crippen LogP contribution in [0.3, 0.4) is 0 Å². The molecule has 0 aliphatic carbocycles. The number of hydrogen-bond donors (Lipinski definition) is 4. The van der Waals surface area contributed by atoms with Gasteiger partial charge in [0, 0.05) is 16.7 Å². The van der Waals surface area contributed by atoms with Gasteiger partial charge in [-0.1, -0.05) is 0 Å². The minimum atomic E-state index is -1.05. The van der Waals surface area contributed by atoms with Gasteiger partial charge in [0.25, 0.3) is 0 Å². The molecule has 0 saturated carbocycles. The van der Waals surface area contributed by atoms with E-state index in [2.05, 4.69) is 31.9 Å². The Hall–Kier alpha value is -1.60. The van der Waals surface area contributed by atoms with Crippen LogP contribution < -0.4 is 16.0 Å². The fourth-order valence-electron chi connectivity index (χ4n) is 1.41. The third-order valence-corrected chi connectivity index (χ3v) is 3.04. The van der Waals surface area contributed by atoms with Gasteiger partial charge in [0.1, 0.15) is 0 Å². The molecule has 0 saturated heterocycles. The van der Waals surface area contributed by atoms with Crippen molar-refractivity contribution < 1.29 is 14.7 Å². The number of benzene rings is 1. The standard InChI is InChI=1S/C12H16BrN3O3/c1-14-5-2-6-15-12(19)16-8-3-4-10(13)9(7-8)11(17)18/h3-4,7,14H,2,5-6H2,1H3,(H,17,18)(H2,15,16,19). The first-order valence-corrected chi connectivity index (χ1v) is 6.56. The smallest absolute Gasteiger partial charge is 0.336 e. The van der Waals surface area contributed by atoms with Crippen molar-refractivity contribution in [1.29, 1.82) is 0 Å². The summed E-state index contributed by atoms with van der Waals surface area (Å²) in [4.78, 5) is 22.5. The van der Waals surface area contributed by atoms with E-state index in [-0.39, 0.29) is 11.6 Å². The number of anilines is 1. The maximum Gasteiger partial charge on any atom is 0.336 e. The zero-order valence-corrected chi connectivity index (χ0v) is 12.1. The van der Waals surface area contributed by atoms with Crippen LogP contribution in [-0.2, 0) is 0 Å². The summed E-state index contributed by atoms with van der Waals surface area (Å²) in [5.74, 6) is -1.05. The van der Waals surface area contributed by atoms with Crippen molar-refractivity contribution in [2.45, 2.75) is 6.42 Å². The van der Waals surface area contributed by atoms with Crippen molar-refractivity contribution in [3.63, 3.8) is 0 Å². The molecule has 0 radical (unpaired) electrons. The first kappa shape index (κ1) is 15.5. The third kappa shape index (κ3) is 5.27. The van der Waals surface area contributed by atoms with E-state index in [9.17, 15) is 9.59 Å². The number of amides is 2. The Morgan fingerprint density at radius 2 is 2.05 bits per heavy atom. The van der Waals surface area contributed by atoms with Crippen molar-refractivity contribution in [3.8, 4) is 0 Å².